The second kappa shape index (κ2) is 6.06. The maximum absolute atomic E-state index is 6.27. The summed E-state index contributed by atoms with van der Waals surface area (Å²) in [6.45, 7) is 6.36. The summed E-state index contributed by atoms with van der Waals surface area (Å²) in [4.78, 5) is 11.4. The fourth-order valence-corrected chi connectivity index (χ4v) is 3.54. The molecule has 1 aromatic carbocycles. The highest BCUT2D eigenvalue weighted by Gasteiger charge is 2.21. The van der Waals surface area contributed by atoms with Crippen molar-refractivity contribution < 1.29 is 0 Å². The van der Waals surface area contributed by atoms with E-state index in [0.717, 1.165) is 46.2 Å². The lowest BCUT2D eigenvalue weighted by Crippen LogP contribution is -2.34. The molecule has 24 heavy (non-hydrogen) atoms. The van der Waals surface area contributed by atoms with Crippen molar-refractivity contribution in [2.75, 3.05) is 18.0 Å². The van der Waals surface area contributed by atoms with Crippen LogP contribution in [0.4, 0.5) is 5.82 Å². The van der Waals surface area contributed by atoms with Crippen LogP contribution in [0, 0.1) is 12.8 Å². The van der Waals surface area contributed by atoms with Crippen LogP contribution in [0.1, 0.15) is 25.3 Å². The third-order valence-corrected chi connectivity index (χ3v) is 5.11. The van der Waals surface area contributed by atoms with E-state index in [0.29, 0.717) is 5.92 Å². The summed E-state index contributed by atoms with van der Waals surface area (Å²) >= 11 is 6.27. The van der Waals surface area contributed by atoms with E-state index in [-0.39, 0.29) is 0 Å². The van der Waals surface area contributed by atoms with Gasteiger partial charge in [0.15, 0.2) is 5.65 Å². The maximum Gasteiger partial charge on any atom is 0.168 e. The molecule has 0 spiro atoms. The summed E-state index contributed by atoms with van der Waals surface area (Å²) in [7, 11) is 0. The molecule has 1 aliphatic heterocycles. The number of hydrogen-bond donors (Lipinski definition) is 0. The van der Waals surface area contributed by atoms with Gasteiger partial charge in [0.25, 0.3) is 0 Å². The molecular formula is C18H20ClN5. The molecule has 6 heteroatoms. The number of aromatic nitrogens is 4. The standard InChI is InChI=1S/C18H20ClN5/c1-12-4-3-7-23(10-12)17-15-9-22-24(18(15)21-11-20-17)14-6-5-13(2)16(19)8-14/h5-6,8-9,11-12H,3-4,7,10H2,1-2H3. The molecular weight excluding hydrogens is 322 g/mol. The summed E-state index contributed by atoms with van der Waals surface area (Å²) in [6.07, 6.45) is 5.98. The van der Waals surface area contributed by atoms with Crippen molar-refractivity contribution in [2.45, 2.75) is 26.7 Å². The fraction of sp³-hybridized carbons (Fsp3) is 0.389. The van der Waals surface area contributed by atoms with Gasteiger partial charge in [-0.2, -0.15) is 5.10 Å². The Hall–Kier alpha value is -2.14. The van der Waals surface area contributed by atoms with E-state index in [1.54, 1.807) is 6.33 Å². The lowest BCUT2D eigenvalue weighted by atomic mass is 10.0. The van der Waals surface area contributed by atoms with E-state index in [2.05, 4.69) is 26.9 Å². The number of piperidine rings is 1. The summed E-state index contributed by atoms with van der Waals surface area (Å²) in [5.41, 5.74) is 2.78. The molecule has 124 valence electrons. The Bertz CT molecular complexity index is 888. The minimum Gasteiger partial charge on any atom is -0.356 e. The number of anilines is 1. The summed E-state index contributed by atoms with van der Waals surface area (Å²) in [5.74, 6) is 1.67. The topological polar surface area (TPSA) is 46.8 Å². The third kappa shape index (κ3) is 2.63. The Labute approximate surface area is 146 Å². The molecule has 1 atom stereocenters. The molecule has 0 N–H and O–H groups in total. The van der Waals surface area contributed by atoms with Gasteiger partial charge < -0.3 is 4.90 Å². The van der Waals surface area contributed by atoms with E-state index in [1.807, 2.05) is 36.0 Å². The van der Waals surface area contributed by atoms with Gasteiger partial charge in [-0.15, -0.1) is 0 Å². The van der Waals surface area contributed by atoms with E-state index in [9.17, 15) is 0 Å². The highest BCUT2D eigenvalue weighted by atomic mass is 35.5. The van der Waals surface area contributed by atoms with Gasteiger partial charge in [0.2, 0.25) is 0 Å². The molecule has 0 bridgehead atoms. The molecule has 0 saturated carbocycles. The van der Waals surface area contributed by atoms with Gasteiger partial charge in [-0.25, -0.2) is 14.6 Å². The molecule has 3 heterocycles. The highest BCUT2D eigenvalue weighted by molar-refractivity contribution is 6.31. The molecule has 2 aromatic heterocycles. The minimum absolute atomic E-state index is 0.690. The van der Waals surface area contributed by atoms with Crippen LogP contribution in [-0.2, 0) is 0 Å². The van der Waals surface area contributed by atoms with Crippen LogP contribution in [0.25, 0.3) is 16.7 Å². The number of fused-ring (bicyclic) bond motifs is 1. The molecule has 4 rings (SSSR count). The first-order valence-corrected chi connectivity index (χ1v) is 8.71. The van der Waals surface area contributed by atoms with Gasteiger partial charge in [0.1, 0.15) is 12.1 Å². The monoisotopic (exact) mass is 341 g/mol. The first-order valence-electron chi connectivity index (χ1n) is 8.33. The molecule has 0 radical (unpaired) electrons. The normalized spacial score (nSPS) is 18.3. The van der Waals surface area contributed by atoms with E-state index >= 15 is 0 Å². The average molecular weight is 342 g/mol. The van der Waals surface area contributed by atoms with E-state index < -0.39 is 0 Å². The number of benzene rings is 1. The Kier molecular flexibility index (Phi) is 3.88. The Morgan fingerprint density at radius 1 is 1.25 bits per heavy atom. The van der Waals surface area contributed by atoms with Crippen molar-refractivity contribution >= 4 is 28.5 Å². The third-order valence-electron chi connectivity index (χ3n) is 4.70. The average Bonchev–Trinajstić information content (AvgIpc) is 3.01. The van der Waals surface area contributed by atoms with Crippen LogP contribution < -0.4 is 4.90 Å². The highest BCUT2D eigenvalue weighted by Crippen LogP contribution is 2.29. The first kappa shape index (κ1) is 15.4. The number of hydrogen-bond acceptors (Lipinski definition) is 4. The van der Waals surface area contributed by atoms with Gasteiger partial charge in [0, 0.05) is 18.1 Å². The predicted molar refractivity (Wildman–Crippen MR) is 97.0 cm³/mol. The molecule has 1 aliphatic rings. The number of nitrogens with zero attached hydrogens (tertiary/aromatic N) is 5. The molecule has 1 saturated heterocycles. The van der Waals surface area contributed by atoms with Gasteiger partial charge in [0.05, 0.1) is 17.3 Å². The van der Waals surface area contributed by atoms with Crippen molar-refractivity contribution in [3.63, 3.8) is 0 Å². The zero-order valence-corrected chi connectivity index (χ0v) is 14.7. The quantitative estimate of drug-likeness (QED) is 0.706. The fourth-order valence-electron chi connectivity index (χ4n) is 3.37. The van der Waals surface area contributed by atoms with Gasteiger partial charge >= 0.3 is 0 Å². The lowest BCUT2D eigenvalue weighted by molar-refractivity contribution is 0.445. The smallest absolute Gasteiger partial charge is 0.168 e. The molecule has 1 unspecified atom stereocenters. The predicted octanol–water partition coefficient (Wildman–Crippen LogP) is 4.01. The van der Waals surface area contributed by atoms with Crippen LogP contribution in [0.15, 0.2) is 30.7 Å². The number of aryl methyl sites for hydroxylation is 1. The van der Waals surface area contributed by atoms with Gasteiger partial charge in [-0.1, -0.05) is 24.6 Å². The van der Waals surface area contributed by atoms with Crippen molar-refractivity contribution in [3.05, 3.63) is 41.3 Å². The zero-order valence-electron chi connectivity index (χ0n) is 13.9. The number of rotatable bonds is 2. The van der Waals surface area contributed by atoms with Crippen LogP contribution in [0.3, 0.4) is 0 Å². The first-order chi connectivity index (χ1) is 11.6. The van der Waals surface area contributed by atoms with E-state index in [1.165, 1.54) is 12.8 Å². The maximum atomic E-state index is 6.27. The van der Waals surface area contributed by atoms with Crippen molar-refractivity contribution in [1.82, 2.24) is 19.7 Å². The Morgan fingerprint density at radius 2 is 2.12 bits per heavy atom. The van der Waals surface area contributed by atoms with Crippen LogP contribution in [-0.4, -0.2) is 32.8 Å². The molecule has 1 fully saturated rings. The minimum atomic E-state index is 0.690. The molecule has 3 aromatic rings. The van der Waals surface area contributed by atoms with Gasteiger partial charge in [-0.3, -0.25) is 0 Å². The van der Waals surface area contributed by atoms with Crippen LogP contribution >= 0.6 is 11.6 Å². The zero-order chi connectivity index (χ0) is 16.7. The largest absolute Gasteiger partial charge is 0.356 e. The number of halogens is 1. The van der Waals surface area contributed by atoms with Crippen LogP contribution in [0.5, 0.6) is 0 Å². The van der Waals surface area contributed by atoms with E-state index in [4.69, 9.17) is 11.6 Å². The summed E-state index contributed by atoms with van der Waals surface area (Å²) < 4.78 is 1.83. The Balaban J connectivity index is 1.80. The SMILES string of the molecule is Cc1ccc(-n2ncc3c(N4CCCC(C)C4)ncnc32)cc1Cl. The van der Waals surface area contributed by atoms with Crippen molar-refractivity contribution in [2.24, 2.45) is 5.92 Å². The van der Waals surface area contributed by atoms with Gasteiger partial charge in [-0.05, 0) is 43.4 Å². The van der Waals surface area contributed by atoms with Crippen molar-refractivity contribution in [1.29, 1.82) is 0 Å². The van der Waals surface area contributed by atoms with Crippen molar-refractivity contribution in [3.8, 4) is 5.69 Å². The molecule has 0 amide bonds. The second-order valence-corrected chi connectivity index (χ2v) is 7.03. The molecule has 0 aliphatic carbocycles. The summed E-state index contributed by atoms with van der Waals surface area (Å²) in [6, 6.07) is 5.94. The Morgan fingerprint density at radius 3 is 2.92 bits per heavy atom. The summed E-state index contributed by atoms with van der Waals surface area (Å²) in [5, 5.41) is 6.26. The molecule has 5 nitrogen and oxygen atoms in total. The second-order valence-electron chi connectivity index (χ2n) is 6.62. The van der Waals surface area contributed by atoms with Crippen LogP contribution in [0.2, 0.25) is 5.02 Å². The lowest BCUT2D eigenvalue weighted by Gasteiger charge is -2.31.